The van der Waals surface area contributed by atoms with Crippen LogP contribution in [0.4, 0.5) is 8.78 Å². The van der Waals surface area contributed by atoms with Crippen LogP contribution in [0.3, 0.4) is 0 Å². The minimum absolute atomic E-state index is 0.0284. The van der Waals surface area contributed by atoms with Gasteiger partial charge >= 0.3 is 0 Å². The van der Waals surface area contributed by atoms with Crippen LogP contribution < -0.4 is 0 Å². The first kappa shape index (κ1) is 13.2. The molecule has 1 nitrogen and oxygen atoms in total. The van der Waals surface area contributed by atoms with Crippen LogP contribution in [0.1, 0.15) is 55.3 Å². The molecule has 18 heavy (non-hydrogen) atoms. The normalized spacial score (nSPS) is 17.4. The molecular formula is C15H18F2O. The van der Waals surface area contributed by atoms with Crippen LogP contribution in [-0.4, -0.2) is 5.78 Å². The van der Waals surface area contributed by atoms with Crippen LogP contribution in [0.5, 0.6) is 0 Å². The van der Waals surface area contributed by atoms with E-state index in [1.165, 1.54) is 18.9 Å². The zero-order chi connectivity index (χ0) is 13.0. The molecule has 1 aliphatic carbocycles. The Balaban J connectivity index is 2.02. The van der Waals surface area contributed by atoms with Gasteiger partial charge in [0.05, 0.1) is 5.56 Å². The molecule has 1 aromatic rings. The molecule has 0 unspecified atom stereocenters. The molecule has 0 amide bonds. The first-order valence-corrected chi connectivity index (χ1v) is 6.65. The van der Waals surface area contributed by atoms with Crippen LogP contribution >= 0.6 is 0 Å². The summed E-state index contributed by atoms with van der Waals surface area (Å²) in [5, 5.41) is 0. The highest BCUT2D eigenvalue weighted by molar-refractivity contribution is 5.96. The second-order valence-electron chi connectivity index (χ2n) is 5.11. The first-order chi connectivity index (χ1) is 8.66. The van der Waals surface area contributed by atoms with E-state index in [9.17, 15) is 13.6 Å². The van der Waals surface area contributed by atoms with Gasteiger partial charge in [0.25, 0.3) is 0 Å². The van der Waals surface area contributed by atoms with Crippen LogP contribution in [0, 0.1) is 17.6 Å². The summed E-state index contributed by atoms with van der Waals surface area (Å²) in [6.07, 6.45) is 7.27. The summed E-state index contributed by atoms with van der Waals surface area (Å²) in [6, 6.07) is 3.17. The smallest absolute Gasteiger partial charge is 0.166 e. The third-order valence-corrected chi connectivity index (χ3v) is 3.68. The van der Waals surface area contributed by atoms with Crippen molar-refractivity contribution in [3.63, 3.8) is 0 Å². The fourth-order valence-corrected chi connectivity index (χ4v) is 2.66. The summed E-state index contributed by atoms with van der Waals surface area (Å²) in [5.41, 5.74) is 0.0284. The molecule has 0 saturated heterocycles. The lowest BCUT2D eigenvalue weighted by atomic mass is 9.92. The molecule has 0 spiro atoms. The number of carbonyl (C=O) groups excluding carboxylic acids is 1. The molecule has 98 valence electrons. The molecule has 0 aromatic heterocycles. The van der Waals surface area contributed by atoms with Gasteiger partial charge in [0.2, 0.25) is 0 Å². The predicted molar refractivity (Wildman–Crippen MR) is 66.5 cm³/mol. The van der Waals surface area contributed by atoms with E-state index in [2.05, 4.69) is 0 Å². The van der Waals surface area contributed by atoms with Gasteiger partial charge in [-0.3, -0.25) is 4.79 Å². The van der Waals surface area contributed by atoms with Crippen LogP contribution in [0.15, 0.2) is 18.2 Å². The molecule has 0 bridgehead atoms. The van der Waals surface area contributed by atoms with E-state index in [-0.39, 0.29) is 11.3 Å². The minimum atomic E-state index is -0.742. The van der Waals surface area contributed by atoms with Gasteiger partial charge < -0.3 is 0 Å². The Bertz CT molecular complexity index is 421. The minimum Gasteiger partial charge on any atom is -0.294 e. The topological polar surface area (TPSA) is 17.1 Å². The predicted octanol–water partition coefficient (Wildman–Crippen LogP) is 4.51. The number of benzene rings is 1. The fraction of sp³-hybridized carbons (Fsp3) is 0.533. The molecule has 0 aliphatic heterocycles. The van der Waals surface area contributed by atoms with E-state index in [0.29, 0.717) is 12.3 Å². The third kappa shape index (κ3) is 3.37. The van der Waals surface area contributed by atoms with E-state index >= 15 is 0 Å². The standard InChI is InChI=1S/C15H18F2O/c16-12-7-8-13(14(17)10-12)15(18)9-11-5-3-1-2-4-6-11/h7-8,10-11H,1-6,9H2. The van der Waals surface area contributed by atoms with Crippen molar-refractivity contribution in [2.45, 2.75) is 44.9 Å². The number of halogens is 2. The van der Waals surface area contributed by atoms with Crippen LogP contribution in [0.2, 0.25) is 0 Å². The van der Waals surface area contributed by atoms with E-state index in [1.807, 2.05) is 0 Å². The summed E-state index contributed by atoms with van der Waals surface area (Å²) in [5.74, 6) is -1.21. The number of Topliss-reactive ketones (excluding diaryl/α,β-unsaturated/α-hetero) is 1. The average Bonchev–Trinajstić information content (AvgIpc) is 2.57. The Morgan fingerprint density at radius 2 is 1.78 bits per heavy atom. The van der Waals surface area contributed by atoms with Crippen molar-refractivity contribution in [3.8, 4) is 0 Å². The first-order valence-electron chi connectivity index (χ1n) is 6.65. The highest BCUT2D eigenvalue weighted by Crippen LogP contribution is 2.27. The van der Waals surface area contributed by atoms with Crippen molar-refractivity contribution in [2.75, 3.05) is 0 Å². The Morgan fingerprint density at radius 3 is 2.39 bits per heavy atom. The Morgan fingerprint density at radius 1 is 1.11 bits per heavy atom. The summed E-state index contributed by atoms with van der Waals surface area (Å²) >= 11 is 0. The molecule has 0 N–H and O–H groups in total. The van der Waals surface area contributed by atoms with Gasteiger partial charge in [0, 0.05) is 12.5 Å². The summed E-state index contributed by atoms with van der Waals surface area (Å²) in [6.45, 7) is 0. The molecule has 0 atom stereocenters. The van der Waals surface area contributed by atoms with Gasteiger partial charge in [0.15, 0.2) is 5.78 Å². The Kier molecular flexibility index (Phi) is 4.45. The van der Waals surface area contributed by atoms with Crippen molar-refractivity contribution in [1.29, 1.82) is 0 Å². The quantitative estimate of drug-likeness (QED) is 0.571. The SMILES string of the molecule is O=C(CC1CCCCCC1)c1ccc(F)cc1F. The second-order valence-corrected chi connectivity index (χ2v) is 5.11. The number of carbonyl (C=O) groups is 1. The van der Waals surface area contributed by atoms with Gasteiger partial charge in [-0.1, -0.05) is 38.5 Å². The van der Waals surface area contributed by atoms with E-state index in [0.717, 1.165) is 37.8 Å². The van der Waals surface area contributed by atoms with Gasteiger partial charge in [0.1, 0.15) is 11.6 Å². The summed E-state index contributed by atoms with van der Waals surface area (Å²) < 4.78 is 26.2. The van der Waals surface area contributed by atoms with Crippen molar-refractivity contribution in [3.05, 3.63) is 35.4 Å². The maximum atomic E-state index is 13.5. The van der Waals surface area contributed by atoms with Gasteiger partial charge in [-0.25, -0.2) is 8.78 Å². The largest absolute Gasteiger partial charge is 0.294 e. The molecule has 0 radical (unpaired) electrons. The van der Waals surface area contributed by atoms with E-state index in [4.69, 9.17) is 0 Å². The molecule has 3 heteroatoms. The van der Waals surface area contributed by atoms with Crippen molar-refractivity contribution < 1.29 is 13.6 Å². The molecule has 0 heterocycles. The maximum Gasteiger partial charge on any atom is 0.166 e. The molecule has 1 aliphatic rings. The summed E-state index contributed by atoms with van der Waals surface area (Å²) in [4.78, 5) is 12.0. The van der Waals surface area contributed by atoms with Gasteiger partial charge in [-0.2, -0.15) is 0 Å². The molecule has 1 fully saturated rings. The van der Waals surface area contributed by atoms with Crippen molar-refractivity contribution >= 4 is 5.78 Å². The lowest BCUT2D eigenvalue weighted by Gasteiger charge is -2.13. The van der Waals surface area contributed by atoms with Gasteiger partial charge in [-0.15, -0.1) is 0 Å². The number of hydrogen-bond donors (Lipinski definition) is 0. The van der Waals surface area contributed by atoms with Crippen molar-refractivity contribution in [1.82, 2.24) is 0 Å². The lowest BCUT2D eigenvalue weighted by molar-refractivity contribution is 0.0953. The Hall–Kier alpha value is -1.25. The van der Waals surface area contributed by atoms with Crippen LogP contribution in [-0.2, 0) is 0 Å². The molecule has 1 saturated carbocycles. The van der Waals surface area contributed by atoms with E-state index in [1.54, 1.807) is 0 Å². The number of hydrogen-bond acceptors (Lipinski definition) is 1. The van der Waals surface area contributed by atoms with E-state index < -0.39 is 11.6 Å². The maximum absolute atomic E-state index is 13.5. The molecular weight excluding hydrogens is 234 g/mol. The highest BCUT2D eigenvalue weighted by atomic mass is 19.1. The zero-order valence-electron chi connectivity index (χ0n) is 10.4. The fourth-order valence-electron chi connectivity index (χ4n) is 2.66. The molecule has 2 rings (SSSR count). The average molecular weight is 252 g/mol. The monoisotopic (exact) mass is 252 g/mol. The second kappa shape index (κ2) is 6.07. The molecule has 1 aromatic carbocycles. The van der Waals surface area contributed by atoms with Gasteiger partial charge in [-0.05, 0) is 18.1 Å². The summed E-state index contributed by atoms with van der Waals surface area (Å²) in [7, 11) is 0. The van der Waals surface area contributed by atoms with Crippen LogP contribution in [0.25, 0.3) is 0 Å². The number of ketones is 1. The number of rotatable bonds is 3. The highest BCUT2D eigenvalue weighted by Gasteiger charge is 2.19. The zero-order valence-corrected chi connectivity index (χ0v) is 10.4. The third-order valence-electron chi connectivity index (χ3n) is 3.68. The lowest BCUT2D eigenvalue weighted by Crippen LogP contribution is -2.10. The Labute approximate surface area is 106 Å². The van der Waals surface area contributed by atoms with Crippen molar-refractivity contribution in [2.24, 2.45) is 5.92 Å².